The molecule has 1 aliphatic heterocycles. The molecule has 0 bridgehead atoms. The lowest BCUT2D eigenvalue weighted by molar-refractivity contribution is -0.0586. The van der Waals surface area contributed by atoms with Gasteiger partial charge in [-0.2, -0.15) is 0 Å². The number of sulfonamides is 1. The monoisotopic (exact) mass is 482 g/mol. The molecule has 0 aromatic heterocycles. The van der Waals surface area contributed by atoms with Crippen molar-refractivity contribution in [2.75, 3.05) is 24.9 Å². The first kappa shape index (κ1) is 21.6. The zero-order valence-corrected chi connectivity index (χ0v) is 18.8. The molecule has 0 unspecified atom stereocenters. The van der Waals surface area contributed by atoms with Crippen molar-refractivity contribution in [3.8, 4) is 5.75 Å². The number of morpholine rings is 1. The SMILES string of the molecule is COc1ccc(NS(=O)(=O)c2cccc(C(=O)N3C[C@H](C)O[C@@H](C)C3)c2)cc1Br. The molecule has 2 aromatic carbocycles. The molecular weight excluding hydrogens is 460 g/mol. The molecule has 1 heterocycles. The van der Waals surface area contributed by atoms with Crippen LogP contribution in [0.1, 0.15) is 24.2 Å². The van der Waals surface area contributed by atoms with Gasteiger partial charge in [0.05, 0.1) is 34.4 Å². The number of nitrogens with one attached hydrogen (secondary N) is 1. The maximum Gasteiger partial charge on any atom is 0.261 e. The van der Waals surface area contributed by atoms with Gasteiger partial charge in [0, 0.05) is 18.7 Å². The van der Waals surface area contributed by atoms with Crippen LogP contribution in [-0.4, -0.2) is 51.6 Å². The molecule has 2 aromatic rings. The number of hydrogen-bond donors (Lipinski definition) is 1. The number of nitrogens with zero attached hydrogens (tertiary/aromatic N) is 1. The van der Waals surface area contributed by atoms with E-state index in [-0.39, 0.29) is 23.0 Å². The summed E-state index contributed by atoms with van der Waals surface area (Å²) < 4.78 is 39.6. The predicted octanol–water partition coefficient (Wildman–Crippen LogP) is 3.51. The molecule has 1 aliphatic rings. The van der Waals surface area contributed by atoms with Crippen LogP contribution in [0.4, 0.5) is 5.69 Å². The smallest absolute Gasteiger partial charge is 0.261 e. The third-order valence-corrected chi connectivity index (χ3v) is 6.50. The average Bonchev–Trinajstić information content (AvgIpc) is 2.66. The molecule has 1 amide bonds. The molecule has 0 saturated carbocycles. The molecule has 9 heteroatoms. The molecule has 0 radical (unpaired) electrons. The van der Waals surface area contributed by atoms with Gasteiger partial charge in [0.15, 0.2) is 0 Å². The van der Waals surface area contributed by atoms with Gasteiger partial charge in [-0.3, -0.25) is 9.52 Å². The lowest BCUT2D eigenvalue weighted by Gasteiger charge is -2.35. The van der Waals surface area contributed by atoms with Gasteiger partial charge < -0.3 is 14.4 Å². The third-order valence-electron chi connectivity index (χ3n) is 4.50. The van der Waals surface area contributed by atoms with E-state index < -0.39 is 10.0 Å². The van der Waals surface area contributed by atoms with Crippen LogP contribution >= 0.6 is 15.9 Å². The third kappa shape index (κ3) is 5.09. The van der Waals surface area contributed by atoms with Crippen LogP contribution in [0.5, 0.6) is 5.75 Å². The van der Waals surface area contributed by atoms with Gasteiger partial charge in [-0.05, 0) is 66.2 Å². The van der Waals surface area contributed by atoms with Gasteiger partial charge in [-0.25, -0.2) is 8.42 Å². The Morgan fingerprint density at radius 1 is 1.17 bits per heavy atom. The maximum atomic E-state index is 12.9. The summed E-state index contributed by atoms with van der Waals surface area (Å²) in [4.78, 5) is 14.6. The van der Waals surface area contributed by atoms with Crippen molar-refractivity contribution in [3.63, 3.8) is 0 Å². The molecule has 7 nitrogen and oxygen atoms in total. The van der Waals surface area contributed by atoms with Crippen LogP contribution in [0, 0.1) is 0 Å². The van der Waals surface area contributed by atoms with E-state index in [0.29, 0.717) is 34.6 Å². The molecule has 0 spiro atoms. The minimum atomic E-state index is -3.87. The lowest BCUT2D eigenvalue weighted by atomic mass is 10.1. The van der Waals surface area contributed by atoms with Crippen LogP contribution in [0.3, 0.4) is 0 Å². The van der Waals surface area contributed by atoms with E-state index in [2.05, 4.69) is 20.7 Å². The minimum absolute atomic E-state index is 0.0182. The van der Waals surface area contributed by atoms with E-state index in [0.717, 1.165) is 0 Å². The van der Waals surface area contributed by atoms with Crippen LogP contribution < -0.4 is 9.46 Å². The van der Waals surface area contributed by atoms with Gasteiger partial charge in [-0.1, -0.05) is 6.07 Å². The minimum Gasteiger partial charge on any atom is -0.496 e. The van der Waals surface area contributed by atoms with Crippen molar-refractivity contribution in [3.05, 3.63) is 52.5 Å². The Labute approximate surface area is 179 Å². The number of anilines is 1. The lowest BCUT2D eigenvalue weighted by Crippen LogP contribution is -2.48. The first-order valence-electron chi connectivity index (χ1n) is 9.11. The second-order valence-corrected chi connectivity index (χ2v) is 9.49. The van der Waals surface area contributed by atoms with Crippen LogP contribution in [0.25, 0.3) is 0 Å². The number of ether oxygens (including phenoxy) is 2. The van der Waals surface area contributed by atoms with E-state index in [1.54, 1.807) is 35.2 Å². The average molecular weight is 483 g/mol. The predicted molar refractivity (Wildman–Crippen MR) is 114 cm³/mol. The van der Waals surface area contributed by atoms with Crippen LogP contribution in [0.2, 0.25) is 0 Å². The van der Waals surface area contributed by atoms with E-state index in [1.165, 1.54) is 19.2 Å². The molecule has 29 heavy (non-hydrogen) atoms. The first-order valence-corrected chi connectivity index (χ1v) is 11.4. The molecule has 2 atom stereocenters. The van der Waals surface area contributed by atoms with Crippen molar-refractivity contribution in [1.29, 1.82) is 0 Å². The molecule has 1 saturated heterocycles. The molecule has 0 aliphatic carbocycles. The van der Waals surface area contributed by atoms with Gasteiger partial charge in [-0.15, -0.1) is 0 Å². The summed E-state index contributed by atoms with van der Waals surface area (Å²) in [6, 6.07) is 10.9. The number of rotatable bonds is 5. The van der Waals surface area contributed by atoms with Crippen LogP contribution in [0.15, 0.2) is 51.8 Å². The van der Waals surface area contributed by atoms with Crippen LogP contribution in [-0.2, 0) is 14.8 Å². The maximum absolute atomic E-state index is 12.9. The standard InChI is InChI=1S/C20H23BrN2O5S/c1-13-11-23(12-14(2)28-13)20(24)15-5-4-6-17(9-15)29(25,26)22-16-7-8-19(27-3)18(21)10-16/h4-10,13-14,22H,11-12H2,1-3H3/t13-,14-/m0/s1. The molecular formula is C20H23BrN2O5S. The number of methoxy groups -OCH3 is 1. The van der Waals surface area contributed by atoms with E-state index in [4.69, 9.17) is 9.47 Å². The largest absolute Gasteiger partial charge is 0.496 e. The molecule has 3 rings (SSSR count). The van der Waals surface area contributed by atoms with E-state index in [1.807, 2.05) is 13.8 Å². The van der Waals surface area contributed by atoms with Gasteiger partial charge in [0.2, 0.25) is 0 Å². The molecule has 156 valence electrons. The fraction of sp³-hybridized carbons (Fsp3) is 0.350. The summed E-state index contributed by atoms with van der Waals surface area (Å²) in [7, 11) is -2.33. The summed E-state index contributed by atoms with van der Waals surface area (Å²) in [5.74, 6) is 0.380. The highest BCUT2D eigenvalue weighted by molar-refractivity contribution is 9.10. The van der Waals surface area contributed by atoms with Gasteiger partial charge in [0.25, 0.3) is 15.9 Å². The number of halogens is 1. The highest BCUT2D eigenvalue weighted by atomic mass is 79.9. The quantitative estimate of drug-likeness (QED) is 0.704. The normalized spacial score (nSPS) is 19.7. The summed E-state index contributed by atoms with van der Waals surface area (Å²) in [6.45, 7) is 4.76. The van der Waals surface area contributed by atoms with Crippen molar-refractivity contribution >= 4 is 37.5 Å². The zero-order valence-electron chi connectivity index (χ0n) is 16.4. The second kappa shape index (κ2) is 8.73. The number of carbonyl (C=O) groups is 1. The Morgan fingerprint density at radius 2 is 1.86 bits per heavy atom. The highest BCUT2D eigenvalue weighted by Gasteiger charge is 2.27. The van der Waals surface area contributed by atoms with Crippen molar-refractivity contribution in [1.82, 2.24) is 4.90 Å². The summed E-state index contributed by atoms with van der Waals surface area (Å²) in [5, 5.41) is 0. The van der Waals surface area contributed by atoms with E-state index >= 15 is 0 Å². The number of amides is 1. The first-order chi connectivity index (χ1) is 13.7. The fourth-order valence-electron chi connectivity index (χ4n) is 3.27. The van der Waals surface area contributed by atoms with Crippen molar-refractivity contribution < 1.29 is 22.7 Å². The Kier molecular flexibility index (Phi) is 6.50. The summed E-state index contributed by atoms with van der Waals surface area (Å²) in [6.07, 6.45) is -0.130. The summed E-state index contributed by atoms with van der Waals surface area (Å²) in [5.41, 5.74) is 0.704. The molecule has 1 fully saturated rings. The van der Waals surface area contributed by atoms with Crippen molar-refractivity contribution in [2.24, 2.45) is 0 Å². The number of hydrogen-bond acceptors (Lipinski definition) is 5. The number of carbonyl (C=O) groups excluding carboxylic acids is 1. The Morgan fingerprint density at radius 3 is 2.48 bits per heavy atom. The van der Waals surface area contributed by atoms with E-state index in [9.17, 15) is 13.2 Å². The Hall–Kier alpha value is -2.10. The molecule has 1 N–H and O–H groups in total. The zero-order chi connectivity index (χ0) is 21.2. The topological polar surface area (TPSA) is 84.9 Å². The van der Waals surface area contributed by atoms with Gasteiger partial charge in [0.1, 0.15) is 5.75 Å². The number of benzene rings is 2. The van der Waals surface area contributed by atoms with Crippen molar-refractivity contribution in [2.45, 2.75) is 31.0 Å². The summed E-state index contributed by atoms with van der Waals surface area (Å²) >= 11 is 3.34. The van der Waals surface area contributed by atoms with Gasteiger partial charge >= 0.3 is 0 Å². The Balaban J connectivity index is 1.82. The fourth-order valence-corrected chi connectivity index (χ4v) is 4.90. The Bertz CT molecular complexity index is 1000. The highest BCUT2D eigenvalue weighted by Crippen LogP contribution is 2.29. The second-order valence-electron chi connectivity index (χ2n) is 6.95.